The van der Waals surface area contributed by atoms with Crippen molar-refractivity contribution in [3.8, 4) is 0 Å². The van der Waals surface area contributed by atoms with E-state index in [1.165, 1.54) is 28.6 Å². The van der Waals surface area contributed by atoms with E-state index in [2.05, 4.69) is 54.1 Å². The molecule has 1 N–H and O–H groups in total. The number of halogens is 2. The molecule has 29 heavy (non-hydrogen) atoms. The Bertz CT molecular complexity index is 892. The summed E-state index contributed by atoms with van der Waals surface area (Å²) < 4.78 is 8.02. The number of hydrogen-bond donors (Lipinski definition) is 1. The van der Waals surface area contributed by atoms with E-state index >= 15 is 0 Å². The quantitative estimate of drug-likeness (QED) is 0.354. The molecule has 3 nitrogen and oxygen atoms in total. The van der Waals surface area contributed by atoms with Crippen molar-refractivity contribution in [1.29, 1.82) is 0 Å². The van der Waals surface area contributed by atoms with Gasteiger partial charge in [0.05, 0.1) is 0 Å². The third-order valence-corrected chi connectivity index (χ3v) is 5.60. The predicted molar refractivity (Wildman–Crippen MR) is 127 cm³/mol. The van der Waals surface area contributed by atoms with E-state index in [1.807, 2.05) is 18.2 Å². The van der Waals surface area contributed by atoms with Gasteiger partial charge in [0.15, 0.2) is 0 Å². The van der Waals surface area contributed by atoms with Gasteiger partial charge >= 0.3 is 0 Å². The Morgan fingerprint density at radius 1 is 1.00 bits per heavy atom. The predicted octanol–water partition coefficient (Wildman–Crippen LogP) is 6.37. The van der Waals surface area contributed by atoms with Gasteiger partial charge in [-0.2, -0.15) is 0 Å². The van der Waals surface area contributed by atoms with Crippen molar-refractivity contribution < 1.29 is 4.74 Å². The van der Waals surface area contributed by atoms with E-state index < -0.39 is 0 Å². The Balaban J connectivity index is 0.00000300. The molecule has 0 spiro atoms. The topological polar surface area (TPSA) is 26.2 Å². The molecule has 0 aliphatic rings. The summed E-state index contributed by atoms with van der Waals surface area (Å²) in [4.78, 5) is 0. The minimum Gasteiger partial charge on any atom is -0.381 e. The fourth-order valence-corrected chi connectivity index (χ4v) is 3.78. The molecule has 3 rings (SSSR count). The third kappa shape index (κ3) is 6.23. The lowest BCUT2D eigenvalue weighted by molar-refractivity contribution is 0.129. The van der Waals surface area contributed by atoms with Crippen LogP contribution >= 0.6 is 24.0 Å². The number of benzene rings is 2. The lowest BCUT2D eigenvalue weighted by Gasteiger charge is -2.11. The summed E-state index contributed by atoms with van der Waals surface area (Å²) in [7, 11) is 0. The highest BCUT2D eigenvalue weighted by Gasteiger charge is 2.14. The second-order valence-corrected chi connectivity index (χ2v) is 7.66. The van der Waals surface area contributed by atoms with Gasteiger partial charge in [-0.1, -0.05) is 61.3 Å². The molecule has 5 heteroatoms. The Hall–Kier alpha value is -1.52. The largest absolute Gasteiger partial charge is 0.381 e. The van der Waals surface area contributed by atoms with Gasteiger partial charge in [-0.15, -0.1) is 12.4 Å². The van der Waals surface area contributed by atoms with Crippen LogP contribution in [0.4, 0.5) is 0 Å². The molecule has 0 aliphatic heterocycles. The van der Waals surface area contributed by atoms with Crippen molar-refractivity contribution in [2.45, 2.75) is 46.2 Å². The number of fused-ring (bicyclic) bond motifs is 1. The fourth-order valence-electron chi connectivity index (χ4n) is 3.59. The van der Waals surface area contributed by atoms with Gasteiger partial charge in [-0.25, -0.2) is 0 Å². The molecule has 0 saturated heterocycles. The first-order valence-corrected chi connectivity index (χ1v) is 10.7. The second-order valence-electron chi connectivity index (χ2n) is 7.25. The van der Waals surface area contributed by atoms with Crippen LogP contribution < -0.4 is 5.32 Å². The molecular formula is C24H32Cl2N2O. The number of ether oxygens (including phenoxy) is 1. The summed E-state index contributed by atoms with van der Waals surface area (Å²) in [5.41, 5.74) is 5.08. The van der Waals surface area contributed by atoms with Crippen molar-refractivity contribution >= 4 is 34.9 Å². The first-order chi connectivity index (χ1) is 13.7. The average molecular weight is 435 g/mol. The normalized spacial score (nSPS) is 11.0. The zero-order valence-electron chi connectivity index (χ0n) is 17.4. The minimum atomic E-state index is 0. The molecular weight excluding hydrogens is 403 g/mol. The number of nitrogens with one attached hydrogen (secondary N) is 1. The molecule has 0 bridgehead atoms. The molecule has 3 aromatic rings. The van der Waals surface area contributed by atoms with Crippen LogP contribution in [0, 0.1) is 6.92 Å². The molecule has 1 aromatic heterocycles. The maximum absolute atomic E-state index is 6.41. The molecule has 1 heterocycles. The van der Waals surface area contributed by atoms with Gasteiger partial charge in [-0.05, 0) is 49.6 Å². The highest BCUT2D eigenvalue weighted by molar-refractivity contribution is 6.31. The van der Waals surface area contributed by atoms with Crippen LogP contribution in [-0.4, -0.2) is 24.3 Å². The van der Waals surface area contributed by atoms with Crippen molar-refractivity contribution in [1.82, 2.24) is 9.88 Å². The van der Waals surface area contributed by atoms with Crippen LogP contribution in [0.25, 0.3) is 10.9 Å². The number of nitrogens with zero attached hydrogens (tertiary/aromatic N) is 1. The molecule has 0 radical (unpaired) electrons. The van der Waals surface area contributed by atoms with Gasteiger partial charge in [0.25, 0.3) is 0 Å². The van der Waals surface area contributed by atoms with Gasteiger partial charge in [0.2, 0.25) is 0 Å². The molecule has 158 valence electrons. The first kappa shape index (κ1) is 23.8. The minimum absolute atomic E-state index is 0. The van der Waals surface area contributed by atoms with Crippen molar-refractivity contribution in [2.75, 3.05) is 19.8 Å². The standard InChI is InChI=1S/C24H31ClN2O.ClH/c1-3-4-15-28-16-9-14-26-17-22-19(2)27(24-13-8-6-11-21(22)24)18-20-10-5-7-12-23(20)25;/h5-8,10-13,26H,3-4,9,14-18H2,1-2H3;1H. The second kappa shape index (κ2) is 12.2. The van der Waals surface area contributed by atoms with Crippen LogP contribution in [0.5, 0.6) is 0 Å². The number of rotatable bonds is 11. The van der Waals surface area contributed by atoms with Crippen molar-refractivity contribution in [2.24, 2.45) is 0 Å². The van der Waals surface area contributed by atoms with Crippen LogP contribution in [0.3, 0.4) is 0 Å². The number of unbranched alkanes of at least 4 members (excludes halogenated alkanes) is 1. The summed E-state index contributed by atoms with van der Waals surface area (Å²) in [5, 5.41) is 5.73. The summed E-state index contributed by atoms with van der Waals surface area (Å²) >= 11 is 6.41. The Labute approximate surface area is 185 Å². The van der Waals surface area contributed by atoms with E-state index in [-0.39, 0.29) is 12.4 Å². The first-order valence-electron chi connectivity index (χ1n) is 10.3. The summed E-state index contributed by atoms with van der Waals surface area (Å²) in [6.07, 6.45) is 3.38. The third-order valence-electron chi connectivity index (χ3n) is 5.23. The smallest absolute Gasteiger partial charge is 0.0493 e. The highest BCUT2D eigenvalue weighted by atomic mass is 35.5. The van der Waals surface area contributed by atoms with Crippen molar-refractivity contribution in [3.63, 3.8) is 0 Å². The van der Waals surface area contributed by atoms with E-state index in [4.69, 9.17) is 16.3 Å². The molecule has 0 unspecified atom stereocenters. The zero-order chi connectivity index (χ0) is 19.8. The van der Waals surface area contributed by atoms with Crippen molar-refractivity contribution in [3.05, 3.63) is 70.4 Å². The van der Waals surface area contributed by atoms with E-state index in [0.29, 0.717) is 0 Å². The number of aromatic nitrogens is 1. The van der Waals surface area contributed by atoms with Gasteiger partial charge in [-0.3, -0.25) is 0 Å². The van der Waals surface area contributed by atoms with Gasteiger partial charge in [0.1, 0.15) is 0 Å². The lowest BCUT2D eigenvalue weighted by atomic mass is 10.1. The van der Waals surface area contributed by atoms with Crippen LogP contribution in [0.15, 0.2) is 48.5 Å². The lowest BCUT2D eigenvalue weighted by Crippen LogP contribution is -2.17. The van der Waals surface area contributed by atoms with Gasteiger partial charge in [0, 0.05) is 47.9 Å². The molecule has 2 aromatic carbocycles. The van der Waals surface area contributed by atoms with E-state index in [1.54, 1.807) is 0 Å². The maximum atomic E-state index is 6.41. The Morgan fingerprint density at radius 2 is 1.72 bits per heavy atom. The molecule has 0 aliphatic carbocycles. The van der Waals surface area contributed by atoms with E-state index in [0.717, 1.165) is 56.3 Å². The summed E-state index contributed by atoms with van der Waals surface area (Å²) in [5.74, 6) is 0. The average Bonchev–Trinajstić information content (AvgIpc) is 2.97. The fraction of sp³-hybridized carbons (Fsp3) is 0.417. The number of para-hydroxylation sites is 1. The molecule has 0 saturated carbocycles. The van der Waals surface area contributed by atoms with E-state index in [9.17, 15) is 0 Å². The monoisotopic (exact) mass is 434 g/mol. The number of hydrogen-bond acceptors (Lipinski definition) is 2. The highest BCUT2D eigenvalue weighted by Crippen LogP contribution is 2.28. The van der Waals surface area contributed by atoms with Crippen LogP contribution in [0.1, 0.15) is 43.0 Å². The maximum Gasteiger partial charge on any atom is 0.0493 e. The summed E-state index contributed by atoms with van der Waals surface area (Å²) in [6.45, 7) is 8.74. The SMILES string of the molecule is CCCCOCCCNCc1c(C)n(Cc2ccccc2Cl)c2ccccc12.Cl. The molecule has 0 fully saturated rings. The van der Waals surface area contributed by atoms with Gasteiger partial charge < -0.3 is 14.6 Å². The Kier molecular flexibility index (Phi) is 10.0. The molecule has 0 amide bonds. The molecule has 0 atom stereocenters. The Morgan fingerprint density at radius 3 is 2.52 bits per heavy atom. The summed E-state index contributed by atoms with van der Waals surface area (Å²) in [6, 6.07) is 16.7. The zero-order valence-corrected chi connectivity index (χ0v) is 19.0. The van der Waals surface area contributed by atoms with Crippen LogP contribution in [0.2, 0.25) is 5.02 Å². The van der Waals surface area contributed by atoms with Crippen LogP contribution in [-0.2, 0) is 17.8 Å².